The molecular weight excluding hydrogens is 216 g/mol. The third-order valence-corrected chi connectivity index (χ3v) is 2.53. The number of rotatable bonds is 5. The van der Waals surface area contributed by atoms with Gasteiger partial charge in [-0.1, -0.05) is 0 Å². The predicted octanol–water partition coefficient (Wildman–Crippen LogP) is -3.19. The number of carbonyl (C=O) groups is 1. The van der Waals surface area contributed by atoms with E-state index >= 15 is 0 Å². The van der Waals surface area contributed by atoms with Gasteiger partial charge in [-0.2, -0.15) is 0 Å². The van der Waals surface area contributed by atoms with Crippen molar-refractivity contribution >= 4 is 5.91 Å². The molecular formula is C9H18N2O5. The first kappa shape index (κ1) is 13.3. The van der Waals surface area contributed by atoms with Gasteiger partial charge < -0.3 is 30.7 Å². The second-order valence-electron chi connectivity index (χ2n) is 3.83. The van der Waals surface area contributed by atoms with Crippen LogP contribution in [0.4, 0.5) is 0 Å². The second-order valence-corrected chi connectivity index (χ2v) is 3.83. The van der Waals surface area contributed by atoms with Gasteiger partial charge in [-0.25, -0.2) is 0 Å². The summed E-state index contributed by atoms with van der Waals surface area (Å²) in [6.07, 6.45) is 0. The lowest BCUT2D eigenvalue weighted by atomic mass is 10.0. The van der Waals surface area contributed by atoms with Gasteiger partial charge in [0.1, 0.15) is 11.6 Å². The lowest BCUT2D eigenvalue weighted by molar-refractivity contribution is -0.130. The van der Waals surface area contributed by atoms with E-state index in [0.717, 1.165) is 0 Å². The monoisotopic (exact) mass is 234 g/mol. The van der Waals surface area contributed by atoms with Gasteiger partial charge in [0.2, 0.25) is 5.91 Å². The third-order valence-electron chi connectivity index (χ3n) is 2.53. The fourth-order valence-electron chi connectivity index (χ4n) is 1.35. The molecule has 0 bridgehead atoms. The molecule has 1 atom stereocenters. The average Bonchev–Trinajstić information content (AvgIpc) is 2.37. The highest BCUT2D eigenvalue weighted by atomic mass is 16.5. The van der Waals surface area contributed by atoms with Crippen LogP contribution >= 0.6 is 0 Å². The van der Waals surface area contributed by atoms with E-state index in [2.05, 4.69) is 10.6 Å². The molecule has 0 saturated carbocycles. The van der Waals surface area contributed by atoms with Crippen LogP contribution in [0.2, 0.25) is 0 Å². The minimum atomic E-state index is -1.38. The van der Waals surface area contributed by atoms with Gasteiger partial charge in [-0.3, -0.25) is 4.79 Å². The Morgan fingerprint density at radius 3 is 2.44 bits per heavy atom. The smallest absolute Gasteiger partial charge is 0.240 e. The Bertz CT molecular complexity index is 218. The number of hydrogen-bond donors (Lipinski definition) is 5. The molecule has 7 nitrogen and oxygen atoms in total. The second kappa shape index (κ2) is 6.12. The number of hydrogen-bond acceptors (Lipinski definition) is 6. The Kier molecular flexibility index (Phi) is 5.10. The Morgan fingerprint density at radius 1 is 1.38 bits per heavy atom. The van der Waals surface area contributed by atoms with Crippen LogP contribution in [0.5, 0.6) is 0 Å². The van der Waals surface area contributed by atoms with Crippen molar-refractivity contribution in [3.63, 3.8) is 0 Å². The molecule has 7 heteroatoms. The SMILES string of the molecule is O=C(NC(CO)(CO)CO)C1COCCN1. The van der Waals surface area contributed by atoms with Gasteiger partial charge in [0.05, 0.1) is 33.0 Å². The van der Waals surface area contributed by atoms with E-state index in [4.69, 9.17) is 20.1 Å². The molecule has 1 aliphatic rings. The zero-order chi connectivity index (χ0) is 12.0. The number of nitrogens with one attached hydrogen (secondary N) is 2. The molecule has 16 heavy (non-hydrogen) atoms. The molecule has 0 radical (unpaired) electrons. The van der Waals surface area contributed by atoms with Gasteiger partial charge in [-0.05, 0) is 0 Å². The molecule has 0 spiro atoms. The highest BCUT2D eigenvalue weighted by Crippen LogP contribution is 2.03. The van der Waals surface area contributed by atoms with E-state index < -0.39 is 37.3 Å². The van der Waals surface area contributed by atoms with Gasteiger partial charge in [-0.15, -0.1) is 0 Å². The van der Waals surface area contributed by atoms with Gasteiger partial charge >= 0.3 is 0 Å². The normalized spacial score (nSPS) is 21.8. The van der Waals surface area contributed by atoms with E-state index in [0.29, 0.717) is 13.2 Å². The fourth-order valence-corrected chi connectivity index (χ4v) is 1.35. The average molecular weight is 234 g/mol. The number of amides is 1. The van der Waals surface area contributed by atoms with Crippen molar-refractivity contribution in [2.45, 2.75) is 11.6 Å². The maximum absolute atomic E-state index is 11.7. The van der Waals surface area contributed by atoms with Crippen LogP contribution in [0.3, 0.4) is 0 Å². The summed E-state index contributed by atoms with van der Waals surface area (Å²) in [6.45, 7) is -0.223. The quantitative estimate of drug-likeness (QED) is 0.343. The largest absolute Gasteiger partial charge is 0.394 e. The lowest BCUT2D eigenvalue weighted by Gasteiger charge is -2.32. The highest BCUT2D eigenvalue weighted by molar-refractivity contribution is 5.82. The van der Waals surface area contributed by atoms with Crippen molar-refractivity contribution < 1.29 is 24.9 Å². The molecule has 0 aliphatic carbocycles. The van der Waals surface area contributed by atoms with Crippen molar-refractivity contribution in [1.29, 1.82) is 0 Å². The van der Waals surface area contributed by atoms with Crippen LogP contribution in [0, 0.1) is 0 Å². The van der Waals surface area contributed by atoms with Crippen LogP contribution in [-0.2, 0) is 9.53 Å². The third kappa shape index (κ3) is 3.13. The first-order valence-electron chi connectivity index (χ1n) is 5.13. The summed E-state index contributed by atoms with van der Waals surface area (Å²) >= 11 is 0. The molecule has 1 aliphatic heterocycles. The van der Waals surface area contributed by atoms with Crippen LogP contribution in [-0.4, -0.2) is 72.4 Å². The molecule has 5 N–H and O–H groups in total. The maximum Gasteiger partial charge on any atom is 0.240 e. The number of aliphatic hydroxyl groups is 3. The Morgan fingerprint density at radius 2 is 2.00 bits per heavy atom. The van der Waals surface area contributed by atoms with Crippen LogP contribution in [0.1, 0.15) is 0 Å². The molecule has 1 rings (SSSR count). The highest BCUT2D eigenvalue weighted by Gasteiger charge is 2.33. The minimum absolute atomic E-state index is 0.240. The fraction of sp³-hybridized carbons (Fsp3) is 0.889. The predicted molar refractivity (Wildman–Crippen MR) is 54.7 cm³/mol. The Balaban J connectivity index is 2.53. The summed E-state index contributed by atoms with van der Waals surface area (Å²) in [4.78, 5) is 11.7. The topological polar surface area (TPSA) is 111 Å². The Hall–Kier alpha value is -0.730. The van der Waals surface area contributed by atoms with Crippen molar-refractivity contribution in [3.05, 3.63) is 0 Å². The summed E-state index contributed by atoms with van der Waals surface area (Å²) in [5, 5.41) is 32.5. The minimum Gasteiger partial charge on any atom is -0.394 e. The van der Waals surface area contributed by atoms with Crippen molar-refractivity contribution in [2.24, 2.45) is 0 Å². The maximum atomic E-state index is 11.7. The number of ether oxygens (including phenoxy) is 1. The molecule has 1 amide bonds. The number of carbonyl (C=O) groups excluding carboxylic acids is 1. The van der Waals surface area contributed by atoms with Gasteiger partial charge in [0.15, 0.2) is 0 Å². The molecule has 1 saturated heterocycles. The van der Waals surface area contributed by atoms with Crippen molar-refractivity contribution in [3.8, 4) is 0 Å². The molecule has 0 aromatic heterocycles. The van der Waals surface area contributed by atoms with E-state index in [1.807, 2.05) is 0 Å². The first-order valence-corrected chi connectivity index (χ1v) is 5.13. The van der Waals surface area contributed by atoms with Crippen LogP contribution in [0.15, 0.2) is 0 Å². The Labute approximate surface area is 93.4 Å². The zero-order valence-electron chi connectivity index (χ0n) is 8.98. The van der Waals surface area contributed by atoms with E-state index in [1.54, 1.807) is 0 Å². The molecule has 94 valence electrons. The molecule has 1 heterocycles. The standard InChI is InChI=1S/C9H18N2O5/c12-4-9(5-13,6-14)11-8(15)7-3-16-2-1-10-7/h7,10,12-14H,1-6H2,(H,11,15). The van der Waals surface area contributed by atoms with Gasteiger partial charge in [0.25, 0.3) is 0 Å². The number of aliphatic hydroxyl groups excluding tert-OH is 3. The summed E-state index contributed by atoms with van der Waals surface area (Å²) in [6, 6.07) is -0.516. The summed E-state index contributed by atoms with van der Waals surface area (Å²) in [7, 11) is 0. The van der Waals surface area contributed by atoms with E-state index in [-0.39, 0.29) is 6.61 Å². The van der Waals surface area contributed by atoms with Gasteiger partial charge in [0, 0.05) is 6.54 Å². The molecule has 0 aromatic carbocycles. The van der Waals surface area contributed by atoms with Crippen LogP contribution < -0.4 is 10.6 Å². The summed E-state index contributed by atoms with van der Waals surface area (Å²) in [5.74, 6) is -0.406. The van der Waals surface area contributed by atoms with E-state index in [1.165, 1.54) is 0 Å². The molecule has 0 aromatic rings. The summed E-state index contributed by atoms with van der Waals surface area (Å²) < 4.78 is 5.11. The molecule has 1 fully saturated rings. The number of morpholine rings is 1. The first-order chi connectivity index (χ1) is 7.67. The summed E-state index contributed by atoms with van der Waals surface area (Å²) in [5.41, 5.74) is -1.38. The molecule has 1 unspecified atom stereocenters. The lowest BCUT2D eigenvalue weighted by Crippen LogP contribution is -2.62. The van der Waals surface area contributed by atoms with Crippen LogP contribution in [0.25, 0.3) is 0 Å². The van der Waals surface area contributed by atoms with E-state index in [9.17, 15) is 4.79 Å². The zero-order valence-corrected chi connectivity index (χ0v) is 8.98. The van der Waals surface area contributed by atoms with Crippen molar-refractivity contribution in [1.82, 2.24) is 10.6 Å². The van der Waals surface area contributed by atoms with Crippen molar-refractivity contribution in [2.75, 3.05) is 39.6 Å².